The van der Waals surface area contributed by atoms with Gasteiger partial charge in [-0.05, 0) is 19.1 Å². The number of aliphatic hydroxyl groups is 1. The lowest BCUT2D eigenvalue weighted by Gasteiger charge is -2.11. The monoisotopic (exact) mass is 278 g/mol. The third-order valence-corrected chi connectivity index (χ3v) is 3.93. The zero-order chi connectivity index (χ0) is 13.8. The highest BCUT2D eigenvalue weighted by Crippen LogP contribution is 2.25. The smallest absolute Gasteiger partial charge is 0.233 e. The molecule has 0 saturated carbocycles. The molecule has 2 atom stereocenters. The van der Waals surface area contributed by atoms with E-state index in [0.29, 0.717) is 10.5 Å². The van der Waals surface area contributed by atoms with Crippen LogP contribution in [0.4, 0.5) is 0 Å². The summed E-state index contributed by atoms with van der Waals surface area (Å²) in [6.45, 7) is 1.59. The van der Waals surface area contributed by atoms with Crippen molar-refractivity contribution in [2.45, 2.75) is 22.9 Å². The quantitative estimate of drug-likeness (QED) is 0.921. The number of hydrogen-bond acceptors (Lipinski definition) is 5. The summed E-state index contributed by atoms with van der Waals surface area (Å²) in [7, 11) is -0.0164. The fourth-order valence-corrected chi connectivity index (χ4v) is 2.76. The summed E-state index contributed by atoms with van der Waals surface area (Å²) in [5, 5.41) is 17.7. The van der Waals surface area contributed by atoms with Gasteiger partial charge in [-0.2, -0.15) is 0 Å². The first-order valence-electron chi connectivity index (χ1n) is 5.70. The van der Waals surface area contributed by atoms with Gasteiger partial charge in [0.2, 0.25) is 5.88 Å². The van der Waals surface area contributed by atoms with Gasteiger partial charge in [0.1, 0.15) is 10.8 Å². The van der Waals surface area contributed by atoms with Gasteiger partial charge in [0.25, 0.3) is 0 Å². The average molecular weight is 278 g/mol. The molecule has 0 aliphatic carbocycles. The van der Waals surface area contributed by atoms with Gasteiger partial charge in [-0.25, -0.2) is 4.21 Å². The summed E-state index contributed by atoms with van der Waals surface area (Å²) in [5.74, 6) is 0.282. The van der Waals surface area contributed by atoms with Crippen LogP contribution in [0.2, 0.25) is 0 Å². The molecule has 0 spiro atoms. The second-order valence-electron chi connectivity index (χ2n) is 3.90. The SMILES string of the molecule is COc1cc(C(C)O)c(S(=O)c2ccccc2)nn1. The van der Waals surface area contributed by atoms with Crippen molar-refractivity contribution >= 4 is 10.8 Å². The molecule has 5 nitrogen and oxygen atoms in total. The molecule has 0 fully saturated rings. The Labute approximate surface area is 113 Å². The van der Waals surface area contributed by atoms with E-state index in [1.54, 1.807) is 37.3 Å². The zero-order valence-corrected chi connectivity index (χ0v) is 11.4. The third-order valence-electron chi connectivity index (χ3n) is 2.56. The summed E-state index contributed by atoms with van der Waals surface area (Å²) < 4.78 is 17.4. The van der Waals surface area contributed by atoms with E-state index in [1.807, 2.05) is 6.07 Å². The van der Waals surface area contributed by atoms with Crippen LogP contribution in [0, 0.1) is 0 Å². The maximum absolute atomic E-state index is 12.4. The molecule has 19 heavy (non-hydrogen) atoms. The molecule has 0 saturated heterocycles. The minimum Gasteiger partial charge on any atom is -0.480 e. The normalized spacial score (nSPS) is 13.8. The molecule has 0 aliphatic rings. The predicted octanol–water partition coefficient (Wildman–Crippen LogP) is 1.71. The van der Waals surface area contributed by atoms with E-state index >= 15 is 0 Å². The van der Waals surface area contributed by atoms with Crippen molar-refractivity contribution in [2.75, 3.05) is 7.11 Å². The van der Waals surface area contributed by atoms with Crippen molar-refractivity contribution in [2.24, 2.45) is 0 Å². The van der Waals surface area contributed by atoms with Crippen LogP contribution in [-0.4, -0.2) is 26.6 Å². The maximum Gasteiger partial charge on any atom is 0.233 e. The molecule has 6 heteroatoms. The number of rotatable bonds is 4. The molecule has 1 aromatic heterocycles. The Hall–Kier alpha value is -1.79. The number of benzene rings is 1. The Morgan fingerprint density at radius 1 is 1.26 bits per heavy atom. The standard InChI is InChI=1S/C13H14N2O3S/c1-9(16)11-8-12(18-2)14-15-13(11)19(17)10-6-4-3-5-7-10/h3-9,16H,1-2H3. The highest BCUT2D eigenvalue weighted by atomic mass is 32.2. The molecule has 2 aromatic rings. The van der Waals surface area contributed by atoms with Crippen LogP contribution in [0.1, 0.15) is 18.6 Å². The maximum atomic E-state index is 12.4. The second-order valence-corrected chi connectivity index (χ2v) is 5.30. The van der Waals surface area contributed by atoms with Gasteiger partial charge in [0.15, 0.2) is 5.03 Å². The van der Waals surface area contributed by atoms with Crippen LogP contribution in [0.25, 0.3) is 0 Å². The number of aliphatic hydroxyl groups excluding tert-OH is 1. The van der Waals surface area contributed by atoms with Crippen molar-refractivity contribution in [3.63, 3.8) is 0 Å². The van der Waals surface area contributed by atoms with Crippen LogP contribution in [0.3, 0.4) is 0 Å². The van der Waals surface area contributed by atoms with Gasteiger partial charge in [0, 0.05) is 16.5 Å². The third kappa shape index (κ3) is 2.97. The average Bonchev–Trinajstić information content (AvgIpc) is 2.46. The van der Waals surface area contributed by atoms with Gasteiger partial charge in [-0.15, -0.1) is 10.2 Å². The van der Waals surface area contributed by atoms with E-state index in [4.69, 9.17) is 4.74 Å². The molecule has 1 heterocycles. The molecule has 100 valence electrons. The first-order chi connectivity index (χ1) is 9.13. The Bertz CT molecular complexity index is 588. The van der Waals surface area contributed by atoms with Gasteiger partial charge in [0.05, 0.1) is 13.2 Å². The Kier molecular flexibility index (Phi) is 4.24. The number of hydrogen-bond donors (Lipinski definition) is 1. The molecule has 0 aliphatic heterocycles. The lowest BCUT2D eigenvalue weighted by atomic mass is 10.2. The van der Waals surface area contributed by atoms with E-state index in [9.17, 15) is 9.32 Å². The fraction of sp³-hybridized carbons (Fsp3) is 0.231. The minimum atomic E-state index is -1.48. The topological polar surface area (TPSA) is 72.3 Å². The highest BCUT2D eigenvalue weighted by Gasteiger charge is 2.18. The molecule has 1 N–H and O–H groups in total. The van der Waals surface area contributed by atoms with Gasteiger partial charge < -0.3 is 9.84 Å². The minimum absolute atomic E-state index is 0.252. The van der Waals surface area contributed by atoms with Gasteiger partial charge >= 0.3 is 0 Å². The number of nitrogens with zero attached hydrogens (tertiary/aromatic N) is 2. The fourth-order valence-electron chi connectivity index (χ4n) is 1.57. The summed E-state index contributed by atoms with van der Waals surface area (Å²) >= 11 is 0. The lowest BCUT2D eigenvalue weighted by Crippen LogP contribution is -2.07. The first kappa shape index (κ1) is 13.6. The molecular formula is C13H14N2O3S. The molecule has 0 radical (unpaired) electrons. The van der Waals surface area contributed by atoms with E-state index in [0.717, 1.165) is 0 Å². The van der Waals surface area contributed by atoms with Crippen molar-refractivity contribution in [1.82, 2.24) is 10.2 Å². The number of ether oxygens (including phenoxy) is 1. The van der Waals surface area contributed by atoms with Crippen LogP contribution in [-0.2, 0) is 10.8 Å². The second kappa shape index (κ2) is 5.90. The molecule has 1 aromatic carbocycles. The van der Waals surface area contributed by atoms with Crippen LogP contribution >= 0.6 is 0 Å². The summed E-state index contributed by atoms with van der Waals surface area (Å²) in [4.78, 5) is 0.615. The number of aromatic nitrogens is 2. The van der Waals surface area contributed by atoms with E-state index in [2.05, 4.69) is 10.2 Å². The van der Waals surface area contributed by atoms with Gasteiger partial charge in [-0.1, -0.05) is 18.2 Å². The Morgan fingerprint density at radius 2 is 1.95 bits per heavy atom. The van der Waals surface area contributed by atoms with Gasteiger partial charge in [-0.3, -0.25) is 0 Å². The highest BCUT2D eigenvalue weighted by molar-refractivity contribution is 7.85. The van der Waals surface area contributed by atoms with E-state index in [1.165, 1.54) is 7.11 Å². The summed E-state index contributed by atoms with van der Waals surface area (Å²) in [6.07, 6.45) is -0.799. The summed E-state index contributed by atoms with van der Waals surface area (Å²) in [5.41, 5.74) is 0.453. The molecule has 0 bridgehead atoms. The van der Waals surface area contributed by atoms with Crippen LogP contribution < -0.4 is 4.74 Å². The van der Waals surface area contributed by atoms with Crippen LogP contribution in [0.15, 0.2) is 46.3 Å². The molecule has 0 amide bonds. The molecular weight excluding hydrogens is 264 g/mol. The van der Waals surface area contributed by atoms with Crippen molar-refractivity contribution in [1.29, 1.82) is 0 Å². The number of methoxy groups -OCH3 is 1. The Morgan fingerprint density at radius 3 is 2.53 bits per heavy atom. The lowest BCUT2D eigenvalue weighted by molar-refractivity contribution is 0.194. The van der Waals surface area contributed by atoms with Crippen molar-refractivity contribution in [3.8, 4) is 5.88 Å². The van der Waals surface area contributed by atoms with E-state index in [-0.39, 0.29) is 10.9 Å². The molecule has 2 rings (SSSR count). The first-order valence-corrected chi connectivity index (χ1v) is 6.85. The van der Waals surface area contributed by atoms with Crippen LogP contribution in [0.5, 0.6) is 5.88 Å². The summed E-state index contributed by atoms with van der Waals surface area (Å²) in [6, 6.07) is 10.5. The van der Waals surface area contributed by atoms with E-state index < -0.39 is 16.9 Å². The zero-order valence-electron chi connectivity index (χ0n) is 10.6. The Balaban J connectivity index is 2.47. The molecule has 2 unspecified atom stereocenters. The largest absolute Gasteiger partial charge is 0.480 e. The van der Waals surface area contributed by atoms with Crippen molar-refractivity contribution in [3.05, 3.63) is 42.0 Å². The van der Waals surface area contributed by atoms with Crippen molar-refractivity contribution < 1.29 is 14.1 Å². The predicted molar refractivity (Wildman–Crippen MR) is 70.3 cm³/mol.